The lowest BCUT2D eigenvalue weighted by Gasteiger charge is -2.28. The summed E-state index contributed by atoms with van der Waals surface area (Å²) in [5.74, 6) is 3.07. The molecule has 1 fully saturated rings. The Morgan fingerprint density at radius 1 is 1.42 bits per heavy atom. The average Bonchev–Trinajstić information content (AvgIpc) is 3.15. The van der Waals surface area contributed by atoms with Gasteiger partial charge in [0.2, 0.25) is 0 Å². The lowest BCUT2D eigenvalue weighted by Crippen LogP contribution is -2.51. The Morgan fingerprint density at radius 3 is 2.63 bits per heavy atom. The number of hydrogen-bond donors (Lipinski definition) is 1. The first-order chi connectivity index (χ1) is 8.98. The largest absolute Gasteiger partial charge is 0.468 e. The summed E-state index contributed by atoms with van der Waals surface area (Å²) in [4.78, 5) is 11.9. The van der Waals surface area contributed by atoms with Gasteiger partial charge in [-0.25, -0.2) is 0 Å². The van der Waals surface area contributed by atoms with Crippen LogP contribution in [0, 0.1) is 5.92 Å². The molecule has 0 amide bonds. The molecule has 1 unspecified atom stereocenters. The minimum Gasteiger partial charge on any atom is -0.468 e. The Kier molecular flexibility index (Phi) is 7.22. The lowest BCUT2D eigenvalue weighted by atomic mass is 9.95. The molecule has 112 valence electrons. The smallest absolute Gasteiger partial charge is 0.325 e. The quantitative estimate of drug-likeness (QED) is 0.494. The van der Waals surface area contributed by atoms with Crippen LogP contribution in [0.4, 0.5) is 0 Å². The van der Waals surface area contributed by atoms with Gasteiger partial charge in [0, 0.05) is 6.04 Å². The Balaban J connectivity index is 2.22. The number of thioether (sulfide) groups is 1. The van der Waals surface area contributed by atoms with Crippen LogP contribution in [0.3, 0.4) is 0 Å². The molecule has 1 N–H and O–H groups in total. The van der Waals surface area contributed by atoms with E-state index in [4.69, 9.17) is 4.74 Å². The van der Waals surface area contributed by atoms with E-state index in [-0.39, 0.29) is 5.97 Å². The summed E-state index contributed by atoms with van der Waals surface area (Å²) >= 11 is 2.02. The van der Waals surface area contributed by atoms with Crippen LogP contribution in [0.2, 0.25) is 0 Å². The molecule has 0 aromatic heterocycles. The predicted molar refractivity (Wildman–Crippen MR) is 82.6 cm³/mol. The molecular formula is C15H29NO2S. The average molecular weight is 287 g/mol. The fourth-order valence-corrected chi connectivity index (χ4v) is 3.18. The van der Waals surface area contributed by atoms with Gasteiger partial charge in [-0.05, 0) is 50.0 Å². The van der Waals surface area contributed by atoms with Gasteiger partial charge in [0.25, 0.3) is 0 Å². The molecule has 0 saturated heterocycles. The zero-order valence-corrected chi connectivity index (χ0v) is 13.6. The maximum atomic E-state index is 11.9. The summed E-state index contributed by atoms with van der Waals surface area (Å²) in [7, 11) is 1.48. The van der Waals surface area contributed by atoms with Crippen LogP contribution in [0.25, 0.3) is 0 Å². The Labute approximate surface area is 122 Å². The molecule has 0 aromatic rings. The highest BCUT2D eigenvalue weighted by molar-refractivity contribution is 7.99. The van der Waals surface area contributed by atoms with Gasteiger partial charge >= 0.3 is 5.97 Å². The summed E-state index contributed by atoms with van der Waals surface area (Å²) in [6.07, 6.45) is 5.51. The monoisotopic (exact) mass is 287 g/mol. The van der Waals surface area contributed by atoms with Crippen LogP contribution < -0.4 is 5.32 Å². The Morgan fingerprint density at radius 2 is 2.11 bits per heavy atom. The van der Waals surface area contributed by atoms with E-state index in [2.05, 4.69) is 19.2 Å². The van der Waals surface area contributed by atoms with Gasteiger partial charge in [-0.1, -0.05) is 20.3 Å². The molecule has 0 radical (unpaired) electrons. The maximum absolute atomic E-state index is 11.9. The van der Waals surface area contributed by atoms with E-state index in [9.17, 15) is 4.79 Å². The van der Waals surface area contributed by atoms with E-state index >= 15 is 0 Å². The number of hydrogen-bond acceptors (Lipinski definition) is 4. The van der Waals surface area contributed by atoms with Crippen LogP contribution in [-0.2, 0) is 9.53 Å². The van der Waals surface area contributed by atoms with E-state index in [0.29, 0.717) is 6.04 Å². The molecule has 1 aliphatic carbocycles. The van der Waals surface area contributed by atoms with Crippen molar-refractivity contribution in [3.8, 4) is 0 Å². The molecule has 1 aliphatic rings. The van der Waals surface area contributed by atoms with Crippen LogP contribution in [0.15, 0.2) is 0 Å². The van der Waals surface area contributed by atoms with Gasteiger partial charge in [0.1, 0.15) is 5.54 Å². The van der Waals surface area contributed by atoms with Crippen LogP contribution in [0.5, 0.6) is 0 Å². The summed E-state index contributed by atoms with van der Waals surface area (Å²) in [6.45, 7) is 6.49. The number of nitrogens with one attached hydrogen (secondary N) is 1. The first-order valence-electron chi connectivity index (χ1n) is 7.42. The topological polar surface area (TPSA) is 38.3 Å². The number of ether oxygens (including phenoxy) is 1. The van der Waals surface area contributed by atoms with E-state index in [0.717, 1.165) is 18.8 Å². The number of esters is 1. The number of carbonyl (C=O) groups excluding carboxylic acids is 1. The lowest BCUT2D eigenvalue weighted by molar-refractivity contribution is -0.148. The van der Waals surface area contributed by atoms with Crippen molar-refractivity contribution in [3.05, 3.63) is 0 Å². The van der Waals surface area contributed by atoms with Crippen molar-refractivity contribution in [2.24, 2.45) is 5.92 Å². The third-order valence-electron chi connectivity index (χ3n) is 3.40. The first kappa shape index (κ1) is 16.8. The van der Waals surface area contributed by atoms with Gasteiger partial charge in [-0.2, -0.15) is 11.8 Å². The highest BCUT2D eigenvalue weighted by Crippen LogP contribution is 2.26. The fourth-order valence-electron chi connectivity index (χ4n) is 2.14. The normalized spacial score (nSPS) is 18.4. The van der Waals surface area contributed by atoms with Gasteiger partial charge < -0.3 is 4.74 Å². The second kappa shape index (κ2) is 8.15. The highest BCUT2D eigenvalue weighted by atomic mass is 32.2. The van der Waals surface area contributed by atoms with Crippen molar-refractivity contribution >= 4 is 17.7 Å². The molecule has 0 spiro atoms. The molecule has 1 atom stereocenters. The van der Waals surface area contributed by atoms with Gasteiger partial charge in [0.15, 0.2) is 0 Å². The third-order valence-corrected chi connectivity index (χ3v) is 4.88. The Hall–Kier alpha value is -0.220. The minimum absolute atomic E-state index is 0.116. The molecule has 0 heterocycles. The van der Waals surface area contributed by atoms with Crippen molar-refractivity contribution in [1.29, 1.82) is 0 Å². The molecule has 0 bridgehead atoms. The van der Waals surface area contributed by atoms with Crippen LogP contribution >= 0.6 is 11.8 Å². The maximum Gasteiger partial charge on any atom is 0.325 e. The summed E-state index contributed by atoms with van der Waals surface area (Å²) in [6, 6.07) is 0.527. The molecule has 1 saturated carbocycles. The summed E-state index contributed by atoms with van der Waals surface area (Å²) in [5.41, 5.74) is -0.487. The van der Waals surface area contributed by atoms with Crippen molar-refractivity contribution in [2.75, 3.05) is 18.6 Å². The third kappa shape index (κ3) is 6.66. The standard InChI is InChI=1S/C15H29NO2S/c1-12(2)11-19-10-6-5-9-15(3,14(17)18-4)16-13-7-8-13/h12-13,16H,5-11H2,1-4H3. The van der Waals surface area contributed by atoms with E-state index in [1.807, 2.05) is 18.7 Å². The molecule has 4 heteroatoms. The van der Waals surface area contributed by atoms with Gasteiger partial charge in [-0.15, -0.1) is 0 Å². The summed E-state index contributed by atoms with van der Waals surface area (Å²) in [5, 5.41) is 3.45. The number of methoxy groups -OCH3 is 1. The van der Waals surface area contributed by atoms with Crippen molar-refractivity contribution in [1.82, 2.24) is 5.32 Å². The second-order valence-corrected chi connectivity index (χ2v) is 7.32. The SMILES string of the molecule is COC(=O)C(C)(CCCCSCC(C)C)NC1CC1. The minimum atomic E-state index is -0.487. The van der Waals surface area contributed by atoms with Crippen LogP contribution in [-0.4, -0.2) is 36.2 Å². The molecule has 0 aliphatic heterocycles. The van der Waals surface area contributed by atoms with E-state index < -0.39 is 5.54 Å². The van der Waals surface area contributed by atoms with Gasteiger partial charge in [0.05, 0.1) is 7.11 Å². The first-order valence-corrected chi connectivity index (χ1v) is 8.57. The number of rotatable bonds is 10. The molecule has 3 nitrogen and oxygen atoms in total. The van der Waals surface area contributed by atoms with E-state index in [1.54, 1.807) is 0 Å². The van der Waals surface area contributed by atoms with Crippen molar-refractivity contribution < 1.29 is 9.53 Å². The molecular weight excluding hydrogens is 258 g/mol. The van der Waals surface area contributed by atoms with Crippen molar-refractivity contribution in [2.45, 2.75) is 64.5 Å². The van der Waals surface area contributed by atoms with Crippen molar-refractivity contribution in [3.63, 3.8) is 0 Å². The fraction of sp³-hybridized carbons (Fsp3) is 0.933. The molecule has 19 heavy (non-hydrogen) atoms. The Bertz CT molecular complexity index is 279. The number of carbonyl (C=O) groups is 1. The predicted octanol–water partition coefficient (Wildman–Crippen LogP) is 3.23. The second-order valence-electron chi connectivity index (χ2n) is 6.17. The van der Waals surface area contributed by atoms with Crippen LogP contribution in [0.1, 0.15) is 52.9 Å². The highest BCUT2D eigenvalue weighted by Gasteiger charge is 2.38. The zero-order chi connectivity index (χ0) is 14.3. The molecule has 0 aromatic carbocycles. The summed E-state index contributed by atoms with van der Waals surface area (Å²) < 4.78 is 4.95. The zero-order valence-electron chi connectivity index (χ0n) is 12.8. The van der Waals surface area contributed by atoms with E-state index in [1.165, 1.54) is 37.9 Å². The molecule has 1 rings (SSSR count). The van der Waals surface area contributed by atoms with Gasteiger partial charge in [-0.3, -0.25) is 10.1 Å². The number of unbranched alkanes of at least 4 members (excludes halogenated alkanes) is 1.